The van der Waals surface area contributed by atoms with Crippen LogP contribution in [0.15, 0.2) is 74.7 Å². The summed E-state index contributed by atoms with van der Waals surface area (Å²) in [6.07, 6.45) is 8.74. The number of fused-ring (bicyclic) bond motifs is 1. The zero-order valence-electron chi connectivity index (χ0n) is 17.7. The average molecular weight is 432 g/mol. The van der Waals surface area contributed by atoms with Crippen LogP contribution in [0.3, 0.4) is 0 Å². The zero-order valence-corrected chi connectivity index (χ0v) is 17.7. The van der Waals surface area contributed by atoms with Gasteiger partial charge in [-0.15, -0.1) is 10.2 Å². The van der Waals surface area contributed by atoms with Crippen LogP contribution >= 0.6 is 0 Å². The van der Waals surface area contributed by atoms with Gasteiger partial charge >= 0.3 is 0 Å². The Balaban J connectivity index is 1.16. The van der Waals surface area contributed by atoms with Gasteiger partial charge in [-0.1, -0.05) is 59.3 Å². The number of hydrogen-bond acceptors (Lipinski definition) is 7. The number of benzene rings is 1. The van der Waals surface area contributed by atoms with Gasteiger partial charge in [-0.3, -0.25) is 9.59 Å². The van der Waals surface area contributed by atoms with Crippen LogP contribution in [0.5, 0.6) is 0 Å². The molecule has 2 aromatic rings. The molecule has 1 aliphatic carbocycles. The third kappa shape index (κ3) is 5.23. The minimum atomic E-state index is -0.365. The first-order valence-corrected chi connectivity index (χ1v) is 10.5. The minimum Gasteiger partial charge on any atom is -0.368 e. The average Bonchev–Trinajstić information content (AvgIpc) is 3.28. The fourth-order valence-corrected chi connectivity index (χ4v) is 3.35. The van der Waals surface area contributed by atoms with E-state index in [9.17, 15) is 9.59 Å². The van der Waals surface area contributed by atoms with Crippen molar-refractivity contribution in [1.82, 2.24) is 20.8 Å². The summed E-state index contributed by atoms with van der Waals surface area (Å²) in [7, 11) is 0. The van der Waals surface area contributed by atoms with Gasteiger partial charge in [-0.2, -0.15) is 4.98 Å². The van der Waals surface area contributed by atoms with Crippen LogP contribution in [-0.4, -0.2) is 35.0 Å². The second-order valence-electron chi connectivity index (χ2n) is 7.57. The molecule has 32 heavy (non-hydrogen) atoms. The molecular weight excluding hydrogens is 408 g/mol. The van der Waals surface area contributed by atoms with Crippen LogP contribution in [0.1, 0.15) is 24.3 Å². The summed E-state index contributed by atoms with van der Waals surface area (Å²) in [4.78, 5) is 28.3. The highest BCUT2D eigenvalue weighted by atomic mass is 16.5. The third-order valence-corrected chi connectivity index (χ3v) is 5.13. The summed E-state index contributed by atoms with van der Waals surface area (Å²) in [5.41, 5.74) is 2.86. The van der Waals surface area contributed by atoms with Crippen molar-refractivity contribution in [2.45, 2.75) is 26.2 Å². The SMILES string of the molecule is Cc1ccc(-c2noc(CCC(=O)NCCCNC3=C4C=CC=CC4C(=O)N=N3)n2)cc1. The van der Waals surface area contributed by atoms with Gasteiger partial charge < -0.3 is 15.2 Å². The first-order chi connectivity index (χ1) is 15.6. The molecule has 1 aromatic carbocycles. The lowest BCUT2D eigenvalue weighted by atomic mass is 9.93. The van der Waals surface area contributed by atoms with E-state index in [-0.39, 0.29) is 24.2 Å². The van der Waals surface area contributed by atoms with Crippen molar-refractivity contribution in [3.63, 3.8) is 0 Å². The second kappa shape index (κ2) is 9.95. The molecule has 1 aromatic heterocycles. The predicted octanol–water partition coefficient (Wildman–Crippen LogP) is 3.02. The molecule has 1 aliphatic heterocycles. The molecule has 2 aliphatic rings. The van der Waals surface area contributed by atoms with Crippen molar-refractivity contribution in [1.29, 1.82) is 0 Å². The lowest BCUT2D eigenvalue weighted by molar-refractivity contribution is -0.121. The van der Waals surface area contributed by atoms with Crippen LogP contribution in [0, 0.1) is 12.8 Å². The Hall–Kier alpha value is -3.88. The molecule has 164 valence electrons. The Kier molecular flexibility index (Phi) is 6.64. The predicted molar refractivity (Wildman–Crippen MR) is 117 cm³/mol. The van der Waals surface area contributed by atoms with Gasteiger partial charge in [-0.25, -0.2) is 0 Å². The quantitative estimate of drug-likeness (QED) is 0.588. The molecular formula is C23H24N6O3. The van der Waals surface area contributed by atoms with Crippen LogP contribution in [0.25, 0.3) is 11.4 Å². The molecule has 2 heterocycles. The number of carbonyl (C=O) groups is 2. The first kappa shape index (κ1) is 21.4. The summed E-state index contributed by atoms with van der Waals surface area (Å²) in [5.74, 6) is 0.857. The van der Waals surface area contributed by atoms with E-state index in [2.05, 4.69) is 31.0 Å². The van der Waals surface area contributed by atoms with Gasteiger partial charge in [0.15, 0.2) is 5.82 Å². The number of azo groups is 1. The normalized spacial score (nSPS) is 16.9. The van der Waals surface area contributed by atoms with E-state index in [1.807, 2.05) is 55.5 Å². The molecule has 2 N–H and O–H groups in total. The molecule has 9 nitrogen and oxygen atoms in total. The summed E-state index contributed by atoms with van der Waals surface area (Å²) in [6, 6.07) is 7.86. The molecule has 1 unspecified atom stereocenters. The Bertz CT molecular complexity index is 1110. The Morgan fingerprint density at radius 2 is 1.97 bits per heavy atom. The molecule has 2 amide bonds. The number of nitrogens with zero attached hydrogens (tertiary/aromatic N) is 4. The van der Waals surface area contributed by atoms with Gasteiger partial charge in [0.25, 0.3) is 5.91 Å². The summed E-state index contributed by atoms with van der Waals surface area (Å²) < 4.78 is 5.25. The van der Waals surface area contributed by atoms with E-state index in [4.69, 9.17) is 4.52 Å². The maximum atomic E-state index is 12.1. The molecule has 0 saturated heterocycles. The molecule has 0 saturated carbocycles. The lowest BCUT2D eigenvalue weighted by Gasteiger charge is -2.20. The third-order valence-electron chi connectivity index (χ3n) is 5.13. The first-order valence-electron chi connectivity index (χ1n) is 10.5. The van der Waals surface area contributed by atoms with Crippen molar-refractivity contribution in [2.75, 3.05) is 13.1 Å². The van der Waals surface area contributed by atoms with Gasteiger partial charge in [0.05, 0.1) is 5.92 Å². The fraction of sp³-hybridized carbons (Fsp3) is 0.304. The number of nitrogens with one attached hydrogen (secondary N) is 2. The number of allylic oxidation sites excluding steroid dienone is 3. The van der Waals surface area contributed by atoms with Crippen molar-refractivity contribution in [3.05, 3.63) is 71.4 Å². The van der Waals surface area contributed by atoms with Gasteiger partial charge in [0.1, 0.15) is 0 Å². The monoisotopic (exact) mass is 432 g/mol. The Morgan fingerprint density at radius 1 is 1.12 bits per heavy atom. The molecule has 0 bridgehead atoms. The number of rotatable bonds is 9. The number of amides is 2. The van der Waals surface area contributed by atoms with Crippen molar-refractivity contribution < 1.29 is 14.1 Å². The Morgan fingerprint density at radius 3 is 2.81 bits per heavy atom. The van der Waals surface area contributed by atoms with Gasteiger partial charge in [-0.05, 0) is 13.3 Å². The molecule has 0 fully saturated rings. The zero-order chi connectivity index (χ0) is 22.3. The maximum Gasteiger partial charge on any atom is 0.276 e. The summed E-state index contributed by atoms with van der Waals surface area (Å²) >= 11 is 0. The fourth-order valence-electron chi connectivity index (χ4n) is 3.35. The topological polar surface area (TPSA) is 122 Å². The van der Waals surface area contributed by atoms with E-state index in [1.54, 1.807) is 0 Å². The summed E-state index contributed by atoms with van der Waals surface area (Å²) in [6.45, 7) is 3.13. The molecule has 4 rings (SSSR count). The number of carbonyl (C=O) groups excluding carboxylic acids is 2. The van der Waals surface area contributed by atoms with Crippen molar-refractivity contribution in [3.8, 4) is 11.4 Å². The smallest absolute Gasteiger partial charge is 0.276 e. The second-order valence-corrected chi connectivity index (χ2v) is 7.57. The van der Waals surface area contributed by atoms with Gasteiger partial charge in [0, 0.05) is 37.1 Å². The molecule has 0 radical (unpaired) electrons. The molecule has 9 heteroatoms. The highest BCUT2D eigenvalue weighted by Crippen LogP contribution is 2.27. The van der Waals surface area contributed by atoms with Crippen LogP contribution in [0.4, 0.5) is 0 Å². The summed E-state index contributed by atoms with van der Waals surface area (Å²) in [5, 5.41) is 17.7. The van der Waals surface area contributed by atoms with Gasteiger partial charge in [0.2, 0.25) is 17.6 Å². The van der Waals surface area contributed by atoms with E-state index in [1.165, 1.54) is 0 Å². The number of hydrogen-bond donors (Lipinski definition) is 2. The maximum absolute atomic E-state index is 12.1. The van der Waals surface area contributed by atoms with E-state index < -0.39 is 0 Å². The highest BCUT2D eigenvalue weighted by molar-refractivity contribution is 5.86. The van der Waals surface area contributed by atoms with E-state index in [0.29, 0.717) is 43.5 Å². The number of aromatic nitrogens is 2. The number of aryl methyl sites for hydroxylation is 2. The van der Waals surface area contributed by atoms with E-state index in [0.717, 1.165) is 16.7 Å². The van der Waals surface area contributed by atoms with Crippen LogP contribution in [-0.2, 0) is 16.0 Å². The van der Waals surface area contributed by atoms with Crippen molar-refractivity contribution in [2.24, 2.45) is 16.1 Å². The minimum absolute atomic E-state index is 0.0783. The lowest BCUT2D eigenvalue weighted by Crippen LogP contribution is -2.28. The highest BCUT2D eigenvalue weighted by Gasteiger charge is 2.26. The van der Waals surface area contributed by atoms with E-state index >= 15 is 0 Å². The largest absolute Gasteiger partial charge is 0.368 e. The van der Waals surface area contributed by atoms with Crippen LogP contribution in [0.2, 0.25) is 0 Å². The standard InChI is InChI=1S/C23H24N6O3/c1-15-7-9-16(10-8-15)21-26-20(32-29-21)12-11-19(30)24-13-4-14-25-22-17-5-2-3-6-18(17)23(31)28-27-22/h2-3,5-10,18,25H,4,11-14H2,1H3,(H,24,30). The van der Waals surface area contributed by atoms with Crippen LogP contribution < -0.4 is 10.6 Å². The van der Waals surface area contributed by atoms with Crippen molar-refractivity contribution >= 4 is 11.8 Å². The Labute approximate surface area is 185 Å². The molecule has 0 spiro atoms. The molecule has 1 atom stereocenters.